The molecule has 0 aliphatic carbocycles. The van der Waals surface area contributed by atoms with Crippen LogP contribution in [0, 0.1) is 17.5 Å². The van der Waals surface area contributed by atoms with E-state index in [2.05, 4.69) is 5.32 Å². The molecule has 0 aromatic heterocycles. The molecule has 1 nitrogen and oxygen atoms in total. The van der Waals surface area contributed by atoms with Crippen molar-refractivity contribution in [2.45, 2.75) is 6.54 Å². The van der Waals surface area contributed by atoms with E-state index in [-0.39, 0.29) is 6.54 Å². The second-order valence-electron chi connectivity index (χ2n) is 3.88. The Morgan fingerprint density at radius 3 is 1.89 bits per heavy atom. The molecule has 0 saturated carbocycles. The quantitative estimate of drug-likeness (QED) is 0.839. The standard InChI is InChI=1S/C13H8Cl2F3N/c14-8-1-7(2-9(15)3-8)6-19-13-11(17)4-10(16)5-12(13)18/h1-5,19H,6H2. The van der Waals surface area contributed by atoms with E-state index in [4.69, 9.17) is 23.2 Å². The zero-order valence-corrected chi connectivity index (χ0v) is 11.0. The fourth-order valence-corrected chi connectivity index (χ4v) is 2.19. The third-order valence-corrected chi connectivity index (χ3v) is 2.83. The highest BCUT2D eigenvalue weighted by atomic mass is 35.5. The predicted octanol–water partition coefficient (Wildman–Crippen LogP) is 5.02. The van der Waals surface area contributed by atoms with Gasteiger partial charge in [0.1, 0.15) is 11.5 Å². The molecule has 0 bridgehead atoms. The van der Waals surface area contributed by atoms with E-state index < -0.39 is 23.1 Å². The maximum atomic E-state index is 13.4. The average Bonchev–Trinajstić information content (AvgIpc) is 2.25. The van der Waals surface area contributed by atoms with Crippen LogP contribution >= 0.6 is 23.2 Å². The Morgan fingerprint density at radius 1 is 0.842 bits per heavy atom. The Morgan fingerprint density at radius 2 is 1.37 bits per heavy atom. The van der Waals surface area contributed by atoms with Crippen LogP contribution < -0.4 is 5.32 Å². The molecule has 0 amide bonds. The van der Waals surface area contributed by atoms with Crippen molar-refractivity contribution < 1.29 is 13.2 Å². The van der Waals surface area contributed by atoms with Crippen molar-refractivity contribution in [1.82, 2.24) is 0 Å². The van der Waals surface area contributed by atoms with Gasteiger partial charge in [-0.25, -0.2) is 13.2 Å². The highest BCUT2D eigenvalue weighted by Gasteiger charge is 2.11. The Balaban J connectivity index is 2.19. The van der Waals surface area contributed by atoms with Gasteiger partial charge in [-0.1, -0.05) is 23.2 Å². The van der Waals surface area contributed by atoms with Crippen LogP contribution in [0.5, 0.6) is 0 Å². The van der Waals surface area contributed by atoms with Gasteiger partial charge >= 0.3 is 0 Å². The van der Waals surface area contributed by atoms with Crippen molar-refractivity contribution in [2.75, 3.05) is 5.32 Å². The monoisotopic (exact) mass is 305 g/mol. The Labute approximate surface area is 118 Å². The average molecular weight is 306 g/mol. The van der Waals surface area contributed by atoms with Crippen molar-refractivity contribution >= 4 is 28.9 Å². The van der Waals surface area contributed by atoms with Gasteiger partial charge in [-0.15, -0.1) is 0 Å². The molecule has 0 heterocycles. The SMILES string of the molecule is Fc1cc(F)c(NCc2cc(Cl)cc(Cl)c2)c(F)c1. The fraction of sp³-hybridized carbons (Fsp3) is 0.0769. The molecule has 2 aromatic carbocycles. The molecular weight excluding hydrogens is 298 g/mol. The minimum Gasteiger partial charge on any atom is -0.376 e. The van der Waals surface area contributed by atoms with Crippen molar-refractivity contribution in [1.29, 1.82) is 0 Å². The van der Waals surface area contributed by atoms with Gasteiger partial charge < -0.3 is 5.32 Å². The van der Waals surface area contributed by atoms with Crippen LogP contribution in [-0.4, -0.2) is 0 Å². The summed E-state index contributed by atoms with van der Waals surface area (Å²) in [5.74, 6) is -2.96. The van der Waals surface area contributed by atoms with Gasteiger partial charge in [0.05, 0.1) is 0 Å². The van der Waals surface area contributed by atoms with Gasteiger partial charge in [0.2, 0.25) is 0 Å². The summed E-state index contributed by atoms with van der Waals surface area (Å²) < 4.78 is 39.5. The Bertz CT molecular complexity index is 574. The molecule has 2 rings (SSSR count). The van der Waals surface area contributed by atoms with Crippen LogP contribution in [0.1, 0.15) is 5.56 Å². The molecule has 6 heteroatoms. The lowest BCUT2D eigenvalue weighted by Crippen LogP contribution is -2.04. The molecule has 0 aliphatic heterocycles. The number of anilines is 1. The van der Waals surface area contributed by atoms with Crippen molar-refractivity contribution in [3.63, 3.8) is 0 Å². The van der Waals surface area contributed by atoms with Crippen molar-refractivity contribution in [2.24, 2.45) is 0 Å². The van der Waals surface area contributed by atoms with E-state index in [1.54, 1.807) is 18.2 Å². The van der Waals surface area contributed by atoms with Gasteiger partial charge in [-0.05, 0) is 23.8 Å². The first-order chi connectivity index (χ1) is 8.95. The van der Waals surface area contributed by atoms with E-state index in [0.717, 1.165) is 0 Å². The molecule has 19 heavy (non-hydrogen) atoms. The second kappa shape index (κ2) is 5.72. The number of benzene rings is 2. The van der Waals surface area contributed by atoms with E-state index in [0.29, 0.717) is 27.7 Å². The number of nitrogens with one attached hydrogen (secondary N) is 1. The number of hydrogen-bond acceptors (Lipinski definition) is 1. The van der Waals surface area contributed by atoms with Crippen LogP contribution in [0.25, 0.3) is 0 Å². The fourth-order valence-electron chi connectivity index (χ4n) is 1.61. The number of rotatable bonds is 3. The Kier molecular flexibility index (Phi) is 4.22. The summed E-state index contributed by atoms with van der Waals surface area (Å²) in [4.78, 5) is 0. The minimum absolute atomic E-state index is 0.111. The molecule has 2 aromatic rings. The predicted molar refractivity (Wildman–Crippen MR) is 70.1 cm³/mol. The first kappa shape index (κ1) is 14.0. The highest BCUT2D eigenvalue weighted by Crippen LogP contribution is 2.23. The number of hydrogen-bond donors (Lipinski definition) is 1. The minimum atomic E-state index is -0.995. The normalized spacial score (nSPS) is 10.6. The second-order valence-corrected chi connectivity index (χ2v) is 4.75. The van der Waals surface area contributed by atoms with E-state index in [1.165, 1.54) is 0 Å². The zero-order valence-electron chi connectivity index (χ0n) is 9.48. The van der Waals surface area contributed by atoms with Crippen LogP contribution in [0.4, 0.5) is 18.9 Å². The summed E-state index contributed by atoms with van der Waals surface area (Å²) in [5, 5.41) is 3.39. The summed E-state index contributed by atoms with van der Waals surface area (Å²) in [5.41, 5.74) is 0.262. The summed E-state index contributed by atoms with van der Waals surface area (Å²) in [6.45, 7) is 0.111. The summed E-state index contributed by atoms with van der Waals surface area (Å²) in [7, 11) is 0. The van der Waals surface area contributed by atoms with Gasteiger partial charge in [-0.2, -0.15) is 0 Å². The number of halogens is 5. The smallest absolute Gasteiger partial charge is 0.152 e. The molecule has 0 aliphatic rings. The van der Waals surface area contributed by atoms with Gasteiger partial charge in [-0.3, -0.25) is 0 Å². The van der Waals surface area contributed by atoms with E-state index >= 15 is 0 Å². The summed E-state index contributed by atoms with van der Waals surface area (Å²) in [6, 6.07) is 5.98. The molecule has 100 valence electrons. The van der Waals surface area contributed by atoms with E-state index in [1.807, 2.05) is 0 Å². The maximum Gasteiger partial charge on any atom is 0.152 e. The van der Waals surface area contributed by atoms with Crippen LogP contribution in [0.15, 0.2) is 30.3 Å². The zero-order chi connectivity index (χ0) is 14.0. The van der Waals surface area contributed by atoms with Crippen molar-refractivity contribution in [3.05, 3.63) is 63.4 Å². The maximum absolute atomic E-state index is 13.4. The van der Waals surface area contributed by atoms with Gasteiger partial charge in [0, 0.05) is 28.7 Å². The molecule has 0 fully saturated rings. The van der Waals surface area contributed by atoms with Gasteiger partial charge in [0.25, 0.3) is 0 Å². The highest BCUT2D eigenvalue weighted by molar-refractivity contribution is 6.34. The first-order valence-electron chi connectivity index (χ1n) is 5.29. The first-order valence-corrected chi connectivity index (χ1v) is 6.04. The van der Waals surface area contributed by atoms with Crippen LogP contribution in [0.2, 0.25) is 10.0 Å². The third-order valence-electron chi connectivity index (χ3n) is 2.40. The van der Waals surface area contributed by atoms with Crippen molar-refractivity contribution in [3.8, 4) is 0 Å². The molecule has 0 unspecified atom stereocenters. The van der Waals surface area contributed by atoms with Crippen LogP contribution in [-0.2, 0) is 6.54 Å². The molecule has 0 spiro atoms. The topological polar surface area (TPSA) is 12.0 Å². The molecular formula is C13H8Cl2F3N. The molecule has 0 radical (unpaired) electrons. The molecule has 0 saturated heterocycles. The Hall–Kier alpha value is -1.39. The lowest BCUT2D eigenvalue weighted by Gasteiger charge is -2.09. The molecule has 0 atom stereocenters. The van der Waals surface area contributed by atoms with Gasteiger partial charge in [0.15, 0.2) is 11.6 Å². The lowest BCUT2D eigenvalue weighted by atomic mass is 10.2. The largest absolute Gasteiger partial charge is 0.376 e. The lowest BCUT2D eigenvalue weighted by molar-refractivity contribution is 0.547. The van der Waals surface area contributed by atoms with E-state index in [9.17, 15) is 13.2 Å². The van der Waals surface area contributed by atoms with Crippen LogP contribution in [0.3, 0.4) is 0 Å². The summed E-state index contributed by atoms with van der Waals surface area (Å²) >= 11 is 11.6. The summed E-state index contributed by atoms with van der Waals surface area (Å²) in [6.07, 6.45) is 0. The molecule has 1 N–H and O–H groups in total. The third kappa shape index (κ3) is 3.55.